The van der Waals surface area contributed by atoms with E-state index in [4.69, 9.17) is 9.15 Å². The first kappa shape index (κ1) is 21.6. The molecular formula is C20H23BrN2O5S. The number of carbonyl (C=O) groups excluding carboxylic acids is 1. The Bertz CT molecular complexity index is 994. The average Bonchev–Trinajstić information content (AvgIpc) is 3.14. The molecule has 1 aromatic heterocycles. The van der Waals surface area contributed by atoms with Crippen molar-refractivity contribution in [2.75, 3.05) is 25.0 Å². The average molecular weight is 483 g/mol. The van der Waals surface area contributed by atoms with Gasteiger partial charge in [0.05, 0.1) is 17.2 Å². The van der Waals surface area contributed by atoms with Crippen molar-refractivity contribution in [1.82, 2.24) is 4.31 Å². The zero-order valence-corrected chi connectivity index (χ0v) is 18.5. The van der Waals surface area contributed by atoms with Crippen molar-refractivity contribution in [3.05, 3.63) is 46.8 Å². The van der Waals surface area contributed by atoms with E-state index >= 15 is 0 Å². The summed E-state index contributed by atoms with van der Waals surface area (Å²) in [6, 6.07) is 7.97. The van der Waals surface area contributed by atoms with Crippen LogP contribution in [0.25, 0.3) is 6.08 Å². The van der Waals surface area contributed by atoms with Gasteiger partial charge in [0, 0.05) is 19.2 Å². The third-order valence-electron chi connectivity index (χ3n) is 4.45. The molecule has 0 bridgehead atoms. The van der Waals surface area contributed by atoms with Gasteiger partial charge in [0.25, 0.3) is 0 Å². The van der Waals surface area contributed by atoms with E-state index in [-0.39, 0.29) is 4.90 Å². The van der Waals surface area contributed by atoms with Gasteiger partial charge < -0.3 is 14.5 Å². The van der Waals surface area contributed by atoms with Crippen molar-refractivity contribution in [1.29, 1.82) is 0 Å². The highest BCUT2D eigenvalue weighted by atomic mass is 79.9. The molecule has 1 saturated heterocycles. The SMILES string of the molecule is CCOc1ccc(S(=O)(=O)N2CCCCC2)cc1NC(=O)/C=C/c1ccc(Br)o1. The normalized spacial score (nSPS) is 15.5. The minimum absolute atomic E-state index is 0.136. The molecule has 0 radical (unpaired) electrons. The summed E-state index contributed by atoms with van der Waals surface area (Å²) in [6.07, 6.45) is 5.58. The van der Waals surface area contributed by atoms with Gasteiger partial charge >= 0.3 is 0 Å². The van der Waals surface area contributed by atoms with Crippen LogP contribution in [0.2, 0.25) is 0 Å². The van der Waals surface area contributed by atoms with Crippen LogP contribution in [0.1, 0.15) is 31.9 Å². The van der Waals surface area contributed by atoms with Crippen LogP contribution in [0, 0.1) is 0 Å². The van der Waals surface area contributed by atoms with E-state index in [1.807, 2.05) is 6.92 Å². The molecule has 0 spiro atoms. The second kappa shape index (κ2) is 9.60. The minimum Gasteiger partial charge on any atom is -0.492 e. The number of sulfonamides is 1. The number of furan rings is 1. The molecule has 1 N–H and O–H groups in total. The van der Waals surface area contributed by atoms with Crippen LogP contribution in [0.15, 0.2) is 50.4 Å². The molecule has 2 heterocycles. The zero-order chi connectivity index (χ0) is 20.9. The molecule has 1 aliphatic heterocycles. The Kier molecular flexibility index (Phi) is 7.15. The van der Waals surface area contributed by atoms with Crippen molar-refractivity contribution in [2.24, 2.45) is 0 Å². The standard InChI is InChI=1S/C20H23BrN2O5S/c1-2-27-18-9-8-16(29(25,26)23-12-4-3-5-13-23)14-17(18)22-20(24)11-7-15-6-10-19(21)28-15/h6-11,14H,2-5,12-13H2,1H3,(H,22,24)/b11-7+. The van der Waals surface area contributed by atoms with Gasteiger partial charge in [-0.2, -0.15) is 4.31 Å². The molecule has 9 heteroatoms. The molecule has 1 fully saturated rings. The third-order valence-corrected chi connectivity index (χ3v) is 6.78. The lowest BCUT2D eigenvalue weighted by molar-refractivity contribution is -0.111. The summed E-state index contributed by atoms with van der Waals surface area (Å²) < 4.78 is 38.8. The second-order valence-corrected chi connectivity index (χ2v) is 9.24. The van der Waals surface area contributed by atoms with Crippen LogP contribution in [-0.4, -0.2) is 38.3 Å². The lowest BCUT2D eigenvalue weighted by atomic mass is 10.2. The van der Waals surface area contributed by atoms with Crippen molar-refractivity contribution in [3.63, 3.8) is 0 Å². The van der Waals surface area contributed by atoms with Crippen molar-refractivity contribution >= 4 is 43.6 Å². The van der Waals surface area contributed by atoms with E-state index in [2.05, 4.69) is 21.2 Å². The highest BCUT2D eigenvalue weighted by Gasteiger charge is 2.26. The number of anilines is 1. The van der Waals surface area contributed by atoms with Gasteiger partial charge in [0.1, 0.15) is 11.5 Å². The van der Waals surface area contributed by atoms with Crippen LogP contribution >= 0.6 is 15.9 Å². The minimum atomic E-state index is -3.62. The van der Waals surface area contributed by atoms with E-state index in [0.717, 1.165) is 19.3 Å². The summed E-state index contributed by atoms with van der Waals surface area (Å²) in [6.45, 7) is 3.23. The quantitative estimate of drug-likeness (QED) is 0.595. The molecule has 1 amide bonds. The predicted octanol–water partition coefficient (Wildman–Crippen LogP) is 4.27. The number of rotatable bonds is 7. The number of hydrogen-bond donors (Lipinski definition) is 1. The Hall–Kier alpha value is -2.10. The topological polar surface area (TPSA) is 88.9 Å². The molecule has 0 atom stereocenters. The lowest BCUT2D eigenvalue weighted by Gasteiger charge is -2.26. The maximum atomic E-state index is 12.9. The predicted molar refractivity (Wildman–Crippen MR) is 114 cm³/mol. The Morgan fingerprint density at radius 2 is 2.00 bits per heavy atom. The summed E-state index contributed by atoms with van der Waals surface area (Å²) in [5.74, 6) is 0.497. The molecule has 3 rings (SSSR count). The van der Waals surface area contributed by atoms with E-state index in [0.29, 0.717) is 41.6 Å². The largest absolute Gasteiger partial charge is 0.492 e. The molecular weight excluding hydrogens is 460 g/mol. The van der Waals surface area contributed by atoms with Crippen LogP contribution < -0.4 is 10.1 Å². The molecule has 0 aliphatic carbocycles. The summed E-state index contributed by atoms with van der Waals surface area (Å²) in [5.41, 5.74) is 0.306. The number of benzene rings is 1. The number of ether oxygens (including phenoxy) is 1. The highest BCUT2D eigenvalue weighted by molar-refractivity contribution is 9.10. The van der Waals surface area contributed by atoms with E-state index in [1.54, 1.807) is 18.2 Å². The number of carbonyl (C=O) groups is 1. The van der Waals surface area contributed by atoms with Crippen LogP contribution in [0.4, 0.5) is 5.69 Å². The first-order valence-corrected chi connectivity index (χ1v) is 11.6. The molecule has 29 heavy (non-hydrogen) atoms. The highest BCUT2D eigenvalue weighted by Crippen LogP contribution is 2.30. The number of amides is 1. The van der Waals surface area contributed by atoms with E-state index in [9.17, 15) is 13.2 Å². The van der Waals surface area contributed by atoms with Crippen molar-refractivity contribution in [2.45, 2.75) is 31.1 Å². The fourth-order valence-corrected chi connectivity index (χ4v) is 4.92. The number of hydrogen-bond acceptors (Lipinski definition) is 5. The van der Waals surface area contributed by atoms with Crippen molar-refractivity contribution < 1.29 is 22.4 Å². The summed E-state index contributed by atoms with van der Waals surface area (Å²) >= 11 is 3.20. The van der Waals surface area contributed by atoms with Gasteiger partial charge in [-0.1, -0.05) is 6.42 Å². The monoisotopic (exact) mass is 482 g/mol. The first-order chi connectivity index (χ1) is 13.9. The molecule has 0 unspecified atom stereocenters. The Balaban J connectivity index is 1.82. The molecule has 7 nitrogen and oxygen atoms in total. The summed E-state index contributed by atoms with van der Waals surface area (Å²) in [5, 5.41) is 2.70. The summed E-state index contributed by atoms with van der Waals surface area (Å²) in [4.78, 5) is 12.5. The van der Waals surface area contributed by atoms with Gasteiger partial charge in [0.15, 0.2) is 4.67 Å². The maximum absolute atomic E-state index is 12.9. The lowest BCUT2D eigenvalue weighted by Crippen LogP contribution is -2.35. The van der Waals surface area contributed by atoms with Crippen LogP contribution in [-0.2, 0) is 14.8 Å². The fourth-order valence-electron chi connectivity index (χ4n) is 3.05. The second-order valence-electron chi connectivity index (χ2n) is 6.52. The Morgan fingerprint density at radius 3 is 2.66 bits per heavy atom. The van der Waals surface area contributed by atoms with Gasteiger partial charge in [-0.3, -0.25) is 4.79 Å². The number of halogens is 1. The van der Waals surface area contributed by atoms with Gasteiger partial charge in [0.2, 0.25) is 15.9 Å². The third kappa shape index (κ3) is 5.49. The molecule has 2 aromatic rings. The zero-order valence-electron chi connectivity index (χ0n) is 16.1. The molecule has 1 aromatic carbocycles. The van der Waals surface area contributed by atoms with Gasteiger partial charge in [-0.25, -0.2) is 8.42 Å². The fraction of sp³-hybridized carbons (Fsp3) is 0.350. The first-order valence-electron chi connectivity index (χ1n) is 9.41. The van der Waals surface area contributed by atoms with E-state index < -0.39 is 15.9 Å². The number of piperidine rings is 1. The number of nitrogens with one attached hydrogen (secondary N) is 1. The molecule has 1 aliphatic rings. The smallest absolute Gasteiger partial charge is 0.248 e. The maximum Gasteiger partial charge on any atom is 0.248 e. The molecule has 0 saturated carbocycles. The Labute approximate surface area is 178 Å². The van der Waals surface area contributed by atoms with Crippen molar-refractivity contribution in [3.8, 4) is 5.75 Å². The number of nitrogens with zero attached hydrogens (tertiary/aromatic N) is 1. The Morgan fingerprint density at radius 1 is 1.24 bits per heavy atom. The molecule has 156 valence electrons. The summed E-state index contributed by atoms with van der Waals surface area (Å²) in [7, 11) is -3.62. The van der Waals surface area contributed by atoms with E-state index in [1.165, 1.54) is 28.6 Å². The van der Waals surface area contributed by atoms with Crippen LogP contribution in [0.3, 0.4) is 0 Å². The van der Waals surface area contributed by atoms with Gasteiger partial charge in [-0.15, -0.1) is 0 Å². The van der Waals surface area contributed by atoms with Gasteiger partial charge in [-0.05, 0) is 72.1 Å². The van der Waals surface area contributed by atoms with Crippen LogP contribution in [0.5, 0.6) is 5.75 Å².